The van der Waals surface area contributed by atoms with Crippen LogP contribution in [0.5, 0.6) is 11.5 Å². The van der Waals surface area contributed by atoms with Gasteiger partial charge in [0.05, 0.1) is 24.4 Å². The van der Waals surface area contributed by atoms with Crippen LogP contribution in [0.25, 0.3) is 5.57 Å². The summed E-state index contributed by atoms with van der Waals surface area (Å²) in [6.07, 6.45) is 6.01. The van der Waals surface area contributed by atoms with Gasteiger partial charge in [-0.05, 0) is 70.0 Å². The zero-order chi connectivity index (χ0) is 25.7. The van der Waals surface area contributed by atoms with Crippen molar-refractivity contribution in [2.45, 2.75) is 44.7 Å². The van der Waals surface area contributed by atoms with Gasteiger partial charge < -0.3 is 20.5 Å². The number of amides is 1. The highest BCUT2D eigenvalue weighted by Gasteiger charge is 2.32. The maximum absolute atomic E-state index is 14.0. The minimum atomic E-state index is -0.623. The van der Waals surface area contributed by atoms with Gasteiger partial charge in [-0.15, -0.1) is 0 Å². The maximum Gasteiger partial charge on any atom is 0.414 e. The molecule has 2 aliphatic rings. The first-order chi connectivity index (χ1) is 17.5. The van der Waals surface area contributed by atoms with Crippen LogP contribution in [0.15, 0.2) is 41.5 Å². The van der Waals surface area contributed by atoms with E-state index >= 15 is 0 Å². The topological polar surface area (TPSA) is 113 Å². The number of carbonyl (C=O) groups excluding carboxylic acids is 1. The molecular formula is C27H30FN5O3. The molecule has 8 nitrogen and oxygen atoms in total. The van der Waals surface area contributed by atoms with E-state index in [0.29, 0.717) is 41.2 Å². The van der Waals surface area contributed by atoms with E-state index in [1.807, 2.05) is 25.1 Å². The summed E-state index contributed by atoms with van der Waals surface area (Å²) in [7, 11) is 1.35. The Labute approximate surface area is 210 Å². The molecule has 2 heterocycles. The summed E-state index contributed by atoms with van der Waals surface area (Å²) in [5, 5.41) is 12.6. The van der Waals surface area contributed by atoms with E-state index in [9.17, 15) is 14.4 Å². The lowest BCUT2D eigenvalue weighted by Crippen LogP contribution is -2.42. The molecule has 1 amide bonds. The van der Waals surface area contributed by atoms with Gasteiger partial charge in [-0.2, -0.15) is 5.26 Å². The van der Waals surface area contributed by atoms with Crippen LogP contribution in [0.2, 0.25) is 0 Å². The molecule has 0 unspecified atom stereocenters. The third-order valence-electron chi connectivity index (χ3n) is 6.62. The quantitative estimate of drug-likeness (QED) is 0.595. The van der Waals surface area contributed by atoms with E-state index in [2.05, 4.69) is 5.32 Å². The van der Waals surface area contributed by atoms with Crippen molar-refractivity contribution < 1.29 is 18.7 Å². The van der Waals surface area contributed by atoms with Crippen molar-refractivity contribution in [1.29, 1.82) is 5.26 Å². The molecule has 0 saturated carbocycles. The lowest BCUT2D eigenvalue weighted by molar-refractivity contribution is 0.175. The Bertz CT molecular complexity index is 1230. The summed E-state index contributed by atoms with van der Waals surface area (Å²) < 4.78 is 25.3. The molecule has 9 heteroatoms. The fourth-order valence-electron chi connectivity index (χ4n) is 4.64. The molecule has 1 fully saturated rings. The molecule has 2 aromatic rings. The minimum Gasteiger partial charge on any atom is -0.456 e. The van der Waals surface area contributed by atoms with Crippen molar-refractivity contribution in [2.24, 2.45) is 10.7 Å². The maximum atomic E-state index is 14.0. The molecule has 2 aliphatic heterocycles. The minimum absolute atomic E-state index is 0.0642. The number of benzene rings is 2. The van der Waals surface area contributed by atoms with Gasteiger partial charge in [0.25, 0.3) is 0 Å². The molecular weight excluding hydrogens is 461 g/mol. The average molecular weight is 492 g/mol. The Kier molecular flexibility index (Phi) is 7.86. The van der Waals surface area contributed by atoms with Gasteiger partial charge >= 0.3 is 6.09 Å². The highest BCUT2D eigenvalue weighted by molar-refractivity contribution is 6.11. The average Bonchev–Trinajstić information content (AvgIpc) is 2.90. The lowest BCUT2D eigenvalue weighted by atomic mass is 9.92. The normalized spacial score (nSPS) is 18.6. The standard InChI is InChI=1S/C27H30FN5O3/c1-17-3-5-23-25(33(17)27(34)35-2)8-6-22(19(15-30)16-32-20-9-11-31-12-10-20)26(23)36-21-4-7-24(28)18(13-21)14-29/h4,6-8,13,15-17,20,31H,3,5,9-12,30H2,1-2H3/t17-/m0/s1. The van der Waals surface area contributed by atoms with Crippen molar-refractivity contribution in [1.82, 2.24) is 5.32 Å². The number of allylic oxidation sites excluding steroid dienone is 1. The molecule has 0 spiro atoms. The second kappa shape index (κ2) is 11.2. The number of nitrogens with zero attached hydrogens (tertiary/aromatic N) is 3. The highest BCUT2D eigenvalue weighted by Crippen LogP contribution is 2.43. The smallest absolute Gasteiger partial charge is 0.414 e. The monoisotopic (exact) mass is 491 g/mol. The van der Waals surface area contributed by atoms with Gasteiger partial charge in [-0.3, -0.25) is 9.89 Å². The van der Waals surface area contributed by atoms with Crippen molar-refractivity contribution in [3.8, 4) is 17.6 Å². The summed E-state index contributed by atoms with van der Waals surface area (Å²) >= 11 is 0. The first-order valence-corrected chi connectivity index (χ1v) is 12.0. The van der Waals surface area contributed by atoms with E-state index in [-0.39, 0.29) is 17.6 Å². The molecule has 0 bridgehead atoms. The fourth-order valence-corrected chi connectivity index (χ4v) is 4.64. The molecule has 4 rings (SSSR count). The summed E-state index contributed by atoms with van der Waals surface area (Å²) in [6.45, 7) is 3.80. The van der Waals surface area contributed by atoms with Crippen LogP contribution >= 0.6 is 0 Å². The van der Waals surface area contributed by atoms with Gasteiger partial charge in [0, 0.05) is 41.2 Å². The first kappa shape index (κ1) is 25.2. The number of ether oxygens (including phenoxy) is 2. The zero-order valence-electron chi connectivity index (χ0n) is 20.5. The Morgan fingerprint density at radius 3 is 2.75 bits per heavy atom. The first-order valence-electron chi connectivity index (χ1n) is 12.0. The van der Waals surface area contributed by atoms with Crippen LogP contribution in [0.1, 0.15) is 42.9 Å². The predicted molar refractivity (Wildman–Crippen MR) is 137 cm³/mol. The van der Waals surface area contributed by atoms with Gasteiger partial charge in [-0.25, -0.2) is 9.18 Å². The third-order valence-corrected chi connectivity index (χ3v) is 6.62. The molecule has 2 aromatic carbocycles. The van der Waals surface area contributed by atoms with E-state index in [0.717, 1.165) is 31.5 Å². The number of fused-ring (bicyclic) bond motifs is 1. The van der Waals surface area contributed by atoms with Crippen molar-refractivity contribution in [3.05, 3.63) is 59.0 Å². The SMILES string of the molecule is COC(=O)N1c2ccc(C(C=NC3CCNCC3)=CN)c(Oc3ccc(F)c(C#N)c3)c2CC[C@@H]1C. The fraction of sp³-hybridized carbons (Fsp3) is 0.370. The van der Waals surface area contributed by atoms with Gasteiger partial charge in [0.2, 0.25) is 0 Å². The Morgan fingerprint density at radius 1 is 1.28 bits per heavy atom. The number of aliphatic imine (C=N–C) groups is 1. The molecule has 1 saturated heterocycles. The number of nitrogens with one attached hydrogen (secondary N) is 1. The highest BCUT2D eigenvalue weighted by atomic mass is 19.1. The largest absolute Gasteiger partial charge is 0.456 e. The Balaban J connectivity index is 1.81. The summed E-state index contributed by atoms with van der Waals surface area (Å²) in [5.74, 6) is 0.164. The third kappa shape index (κ3) is 5.19. The number of hydrogen-bond acceptors (Lipinski definition) is 7. The molecule has 3 N–H and O–H groups in total. The van der Waals surface area contributed by atoms with Crippen LogP contribution in [0.3, 0.4) is 0 Å². The molecule has 0 aliphatic carbocycles. The van der Waals surface area contributed by atoms with Crippen LogP contribution in [-0.2, 0) is 11.2 Å². The van der Waals surface area contributed by atoms with Crippen molar-refractivity contribution >= 4 is 23.6 Å². The molecule has 0 radical (unpaired) electrons. The predicted octanol–water partition coefficient (Wildman–Crippen LogP) is 4.52. The molecule has 0 aromatic heterocycles. The number of nitrogens with two attached hydrogens (primary N) is 1. The lowest BCUT2D eigenvalue weighted by Gasteiger charge is -2.35. The number of rotatable bonds is 5. The summed E-state index contributed by atoms with van der Waals surface area (Å²) in [6, 6.07) is 9.70. The zero-order valence-corrected chi connectivity index (χ0v) is 20.5. The van der Waals surface area contributed by atoms with Crippen molar-refractivity contribution in [2.75, 3.05) is 25.1 Å². The number of hydrogen-bond donors (Lipinski definition) is 2. The summed E-state index contributed by atoms with van der Waals surface area (Å²) in [4.78, 5) is 19.0. The van der Waals surface area contributed by atoms with Gasteiger partial charge in [-0.1, -0.05) is 0 Å². The van der Waals surface area contributed by atoms with Crippen LogP contribution in [-0.4, -0.2) is 44.6 Å². The number of anilines is 1. The van der Waals surface area contributed by atoms with E-state index in [1.165, 1.54) is 31.5 Å². The number of carbonyl (C=O) groups is 1. The van der Waals surface area contributed by atoms with Crippen LogP contribution in [0, 0.1) is 17.1 Å². The second-order valence-electron chi connectivity index (χ2n) is 8.90. The van der Waals surface area contributed by atoms with Crippen LogP contribution in [0.4, 0.5) is 14.9 Å². The number of halogens is 1. The van der Waals surface area contributed by atoms with E-state index < -0.39 is 11.9 Å². The molecule has 1 atom stereocenters. The van der Waals surface area contributed by atoms with Crippen molar-refractivity contribution in [3.63, 3.8) is 0 Å². The number of piperidine rings is 1. The number of methoxy groups -OCH3 is 1. The van der Waals surface area contributed by atoms with Gasteiger partial charge in [0.15, 0.2) is 0 Å². The Hall–Kier alpha value is -3.90. The summed E-state index contributed by atoms with van der Waals surface area (Å²) in [5.41, 5.74) is 8.75. The second-order valence-corrected chi connectivity index (χ2v) is 8.90. The molecule has 188 valence electrons. The van der Waals surface area contributed by atoms with Gasteiger partial charge in [0.1, 0.15) is 23.4 Å². The number of nitriles is 1. The van der Waals surface area contributed by atoms with E-state index in [1.54, 1.807) is 11.1 Å². The van der Waals surface area contributed by atoms with E-state index in [4.69, 9.17) is 20.2 Å². The Morgan fingerprint density at radius 2 is 2.06 bits per heavy atom. The van der Waals surface area contributed by atoms with Crippen LogP contribution < -0.4 is 20.7 Å². The molecule has 36 heavy (non-hydrogen) atoms.